The summed E-state index contributed by atoms with van der Waals surface area (Å²) in [6.07, 6.45) is 3.15. The molecule has 1 saturated heterocycles. The Morgan fingerprint density at radius 3 is 2.11 bits per heavy atom. The van der Waals surface area contributed by atoms with Crippen molar-refractivity contribution >= 4 is 11.9 Å². The van der Waals surface area contributed by atoms with Crippen LogP contribution in [0.5, 0.6) is 0 Å². The zero-order valence-corrected chi connectivity index (χ0v) is 11.1. The van der Waals surface area contributed by atoms with E-state index in [-0.39, 0.29) is 11.5 Å². The molecule has 0 aromatic carbocycles. The fourth-order valence-corrected chi connectivity index (χ4v) is 0.376. The van der Waals surface area contributed by atoms with E-state index in [4.69, 9.17) is 5.11 Å². The van der Waals surface area contributed by atoms with Crippen LogP contribution in [0, 0.1) is 0 Å². The lowest BCUT2D eigenvalue weighted by Gasteiger charge is -1.97. The first-order chi connectivity index (χ1) is 8.45. The first-order valence-corrected chi connectivity index (χ1v) is 5.71. The molecule has 1 heterocycles. The maximum Gasteiger partial charge on any atom is 0.330 e. The summed E-state index contributed by atoms with van der Waals surface area (Å²) in [6, 6.07) is 0. The van der Waals surface area contributed by atoms with E-state index in [0.717, 1.165) is 26.1 Å². The van der Waals surface area contributed by atoms with Crippen molar-refractivity contribution in [3.8, 4) is 0 Å². The van der Waals surface area contributed by atoms with E-state index >= 15 is 0 Å². The Kier molecular flexibility index (Phi) is 14.0. The lowest BCUT2D eigenvalue weighted by molar-refractivity contribution is -0.138. The molecule has 18 heavy (non-hydrogen) atoms. The predicted octanol–water partition coefficient (Wildman–Crippen LogP) is 2.18. The van der Waals surface area contributed by atoms with Crippen LogP contribution in [-0.4, -0.2) is 36.9 Å². The minimum atomic E-state index is -0.935. The van der Waals surface area contributed by atoms with Gasteiger partial charge in [-0.1, -0.05) is 26.5 Å². The second-order valence-corrected chi connectivity index (χ2v) is 3.42. The number of carboxylic acid groups (broad SMARTS) is 1. The Labute approximate surface area is 108 Å². The molecule has 0 spiro atoms. The Bertz CT molecular complexity index is 254. The highest BCUT2D eigenvalue weighted by molar-refractivity contribution is 5.84. The van der Waals surface area contributed by atoms with Gasteiger partial charge in [-0.05, 0) is 13.3 Å². The SMILES string of the molecule is C1CO1.C=C(C)C(=O)O.C=CC(=O)OCCCC. The van der Waals surface area contributed by atoms with Crippen LogP contribution in [0.4, 0.5) is 0 Å². The van der Waals surface area contributed by atoms with Crippen LogP contribution >= 0.6 is 0 Å². The van der Waals surface area contributed by atoms with E-state index in [1.807, 2.05) is 6.92 Å². The van der Waals surface area contributed by atoms with Crippen molar-refractivity contribution in [2.45, 2.75) is 26.7 Å². The molecule has 104 valence electrons. The van der Waals surface area contributed by atoms with Crippen molar-refractivity contribution in [2.24, 2.45) is 0 Å². The lowest BCUT2D eigenvalue weighted by Crippen LogP contribution is -2.00. The molecule has 0 bridgehead atoms. The minimum absolute atomic E-state index is 0.176. The van der Waals surface area contributed by atoms with E-state index in [1.54, 1.807) is 0 Å². The van der Waals surface area contributed by atoms with Crippen molar-refractivity contribution in [1.29, 1.82) is 0 Å². The number of unbranched alkanes of at least 4 members (excludes halogenated alkanes) is 1. The Morgan fingerprint density at radius 2 is 1.89 bits per heavy atom. The second-order valence-electron chi connectivity index (χ2n) is 3.42. The first kappa shape index (κ1) is 18.7. The van der Waals surface area contributed by atoms with Gasteiger partial charge in [0, 0.05) is 11.6 Å². The molecule has 0 aromatic rings. The fourth-order valence-electron chi connectivity index (χ4n) is 0.376. The van der Waals surface area contributed by atoms with E-state index in [2.05, 4.69) is 22.6 Å². The van der Waals surface area contributed by atoms with Gasteiger partial charge in [0.1, 0.15) is 0 Å². The van der Waals surface area contributed by atoms with Crippen LogP contribution in [-0.2, 0) is 19.1 Å². The molecule has 5 heteroatoms. The molecule has 0 aromatic heterocycles. The summed E-state index contributed by atoms with van der Waals surface area (Å²) < 4.78 is 9.17. The normalized spacial score (nSPS) is 10.8. The van der Waals surface area contributed by atoms with Gasteiger partial charge in [0.2, 0.25) is 0 Å². The highest BCUT2D eigenvalue weighted by Gasteiger charge is 1.94. The van der Waals surface area contributed by atoms with Crippen LogP contribution < -0.4 is 0 Å². The number of carboxylic acids is 1. The third-order valence-corrected chi connectivity index (χ3v) is 1.48. The molecule has 0 radical (unpaired) electrons. The van der Waals surface area contributed by atoms with Crippen molar-refractivity contribution in [3.05, 3.63) is 24.8 Å². The number of esters is 1. The average molecular weight is 258 g/mol. The third-order valence-electron chi connectivity index (χ3n) is 1.48. The van der Waals surface area contributed by atoms with Gasteiger partial charge in [-0.15, -0.1) is 0 Å². The Hall–Kier alpha value is -1.62. The van der Waals surface area contributed by atoms with Crippen LogP contribution in [0.1, 0.15) is 26.7 Å². The van der Waals surface area contributed by atoms with Crippen molar-refractivity contribution < 1.29 is 24.2 Å². The fraction of sp³-hybridized carbons (Fsp3) is 0.538. The molecule has 0 atom stereocenters. The molecule has 1 aliphatic heterocycles. The summed E-state index contributed by atoms with van der Waals surface area (Å²) in [4.78, 5) is 19.9. The number of hydrogen-bond acceptors (Lipinski definition) is 4. The van der Waals surface area contributed by atoms with Gasteiger partial charge in [-0.25, -0.2) is 9.59 Å². The predicted molar refractivity (Wildman–Crippen MR) is 69.3 cm³/mol. The molecule has 0 aliphatic carbocycles. The van der Waals surface area contributed by atoms with E-state index < -0.39 is 5.97 Å². The van der Waals surface area contributed by atoms with E-state index in [1.165, 1.54) is 13.0 Å². The molecule has 0 unspecified atom stereocenters. The topological polar surface area (TPSA) is 76.1 Å². The largest absolute Gasteiger partial charge is 0.478 e. The summed E-state index contributed by atoms with van der Waals surface area (Å²) in [5, 5.41) is 7.89. The summed E-state index contributed by atoms with van der Waals surface area (Å²) in [5.41, 5.74) is 0.176. The van der Waals surface area contributed by atoms with Crippen molar-refractivity contribution in [1.82, 2.24) is 0 Å². The third kappa shape index (κ3) is 23.9. The van der Waals surface area contributed by atoms with Gasteiger partial charge in [0.05, 0.1) is 19.8 Å². The zero-order valence-electron chi connectivity index (χ0n) is 11.1. The number of aliphatic carboxylic acids is 1. The van der Waals surface area contributed by atoms with E-state index in [9.17, 15) is 9.59 Å². The van der Waals surface area contributed by atoms with Crippen LogP contribution in [0.2, 0.25) is 0 Å². The molecule has 1 N–H and O–H groups in total. The molecule has 0 amide bonds. The minimum Gasteiger partial charge on any atom is -0.478 e. The summed E-state index contributed by atoms with van der Waals surface area (Å²) in [7, 11) is 0. The molecule has 1 aliphatic rings. The van der Waals surface area contributed by atoms with Gasteiger partial charge < -0.3 is 14.6 Å². The van der Waals surface area contributed by atoms with Crippen molar-refractivity contribution in [3.63, 3.8) is 0 Å². The van der Waals surface area contributed by atoms with Gasteiger partial charge >= 0.3 is 11.9 Å². The number of epoxide rings is 1. The van der Waals surface area contributed by atoms with Crippen LogP contribution in [0.25, 0.3) is 0 Å². The first-order valence-electron chi connectivity index (χ1n) is 5.71. The Balaban J connectivity index is 0. The highest BCUT2D eigenvalue weighted by atomic mass is 16.6. The second kappa shape index (κ2) is 13.4. The molecular weight excluding hydrogens is 236 g/mol. The van der Waals surface area contributed by atoms with E-state index in [0.29, 0.717) is 6.61 Å². The van der Waals surface area contributed by atoms with Crippen LogP contribution in [0.3, 0.4) is 0 Å². The monoisotopic (exact) mass is 258 g/mol. The summed E-state index contributed by atoms with van der Waals surface area (Å²) in [6.45, 7) is 12.4. The molecule has 1 fully saturated rings. The number of carbonyl (C=O) groups is 2. The zero-order chi connectivity index (χ0) is 14.4. The number of hydrogen-bond donors (Lipinski definition) is 1. The standard InChI is InChI=1S/C7H12O2.C4H6O2.C2H4O/c1-3-5-6-9-7(8)4-2;1-3(2)4(5)6;1-2-3-1/h4H,2-3,5-6H2,1H3;1H2,2H3,(H,5,6);1-2H2. The quantitative estimate of drug-likeness (QED) is 0.354. The summed E-state index contributed by atoms with van der Waals surface area (Å²) in [5.74, 6) is -1.27. The summed E-state index contributed by atoms with van der Waals surface area (Å²) >= 11 is 0. The van der Waals surface area contributed by atoms with Gasteiger partial charge in [-0.2, -0.15) is 0 Å². The number of rotatable bonds is 5. The molecule has 1 rings (SSSR count). The van der Waals surface area contributed by atoms with Gasteiger partial charge in [0.25, 0.3) is 0 Å². The van der Waals surface area contributed by atoms with Crippen LogP contribution in [0.15, 0.2) is 24.8 Å². The smallest absolute Gasteiger partial charge is 0.330 e. The molecular formula is C13H22O5. The van der Waals surface area contributed by atoms with Crippen molar-refractivity contribution in [2.75, 3.05) is 19.8 Å². The molecule has 5 nitrogen and oxygen atoms in total. The van der Waals surface area contributed by atoms with Gasteiger partial charge in [0.15, 0.2) is 0 Å². The maximum atomic E-state index is 10.3. The maximum absolute atomic E-state index is 10.3. The molecule has 0 saturated carbocycles. The number of ether oxygens (including phenoxy) is 2. The number of carbonyl (C=O) groups excluding carboxylic acids is 1. The average Bonchev–Trinajstić information content (AvgIpc) is 3.17. The lowest BCUT2D eigenvalue weighted by atomic mass is 10.4. The Morgan fingerprint density at radius 1 is 1.44 bits per heavy atom. The van der Waals surface area contributed by atoms with Gasteiger partial charge in [-0.3, -0.25) is 0 Å². The highest BCUT2D eigenvalue weighted by Crippen LogP contribution is 1.88.